The monoisotopic (exact) mass is 355 g/mol. The quantitative estimate of drug-likeness (QED) is 0.891. The number of likely N-dealkylation sites (tertiary alicyclic amines) is 1. The van der Waals surface area contributed by atoms with Gasteiger partial charge in [-0.2, -0.15) is 5.10 Å². The molecular formula is C17H30ClN5O. The van der Waals surface area contributed by atoms with Crippen LogP contribution in [0.5, 0.6) is 0 Å². The van der Waals surface area contributed by atoms with Crippen molar-refractivity contribution in [1.29, 1.82) is 0 Å². The van der Waals surface area contributed by atoms with Gasteiger partial charge >= 0.3 is 0 Å². The van der Waals surface area contributed by atoms with Crippen LogP contribution in [0.25, 0.3) is 0 Å². The number of carbonyl (C=O) groups is 1. The Morgan fingerprint density at radius 2 is 2.17 bits per heavy atom. The summed E-state index contributed by atoms with van der Waals surface area (Å²) >= 11 is 0. The van der Waals surface area contributed by atoms with E-state index in [4.69, 9.17) is 0 Å². The second-order valence-corrected chi connectivity index (χ2v) is 7.11. The highest BCUT2D eigenvalue weighted by Crippen LogP contribution is 2.20. The molecule has 0 saturated carbocycles. The summed E-state index contributed by atoms with van der Waals surface area (Å²) in [6.45, 7) is 11.7. The van der Waals surface area contributed by atoms with Crippen LogP contribution in [0.2, 0.25) is 0 Å². The molecule has 136 valence electrons. The Labute approximate surface area is 151 Å². The average molecular weight is 356 g/mol. The third-order valence-electron chi connectivity index (χ3n) is 4.99. The molecule has 1 amide bonds. The Morgan fingerprint density at radius 3 is 2.83 bits per heavy atom. The summed E-state index contributed by atoms with van der Waals surface area (Å²) in [4.78, 5) is 16.7. The van der Waals surface area contributed by atoms with Crippen LogP contribution in [0.1, 0.15) is 44.0 Å². The Bertz CT molecular complexity index is 559. The third kappa shape index (κ3) is 4.29. The summed E-state index contributed by atoms with van der Waals surface area (Å²) in [6.07, 6.45) is 4.48. The van der Waals surface area contributed by atoms with Crippen LogP contribution in [0.3, 0.4) is 0 Å². The molecule has 0 aromatic carbocycles. The highest BCUT2D eigenvalue weighted by Gasteiger charge is 2.30. The average Bonchev–Trinajstić information content (AvgIpc) is 2.89. The van der Waals surface area contributed by atoms with Gasteiger partial charge in [0.05, 0.1) is 12.2 Å². The Kier molecular flexibility index (Phi) is 6.66. The normalized spacial score (nSPS) is 22.8. The van der Waals surface area contributed by atoms with Gasteiger partial charge in [0.15, 0.2) is 0 Å². The van der Waals surface area contributed by atoms with Gasteiger partial charge in [-0.3, -0.25) is 14.4 Å². The van der Waals surface area contributed by atoms with Crippen molar-refractivity contribution < 1.29 is 4.79 Å². The predicted molar refractivity (Wildman–Crippen MR) is 97.5 cm³/mol. The number of nitrogens with one attached hydrogen (secondary N) is 1. The highest BCUT2D eigenvalue weighted by atomic mass is 35.5. The third-order valence-corrected chi connectivity index (χ3v) is 4.99. The number of rotatable bonds is 4. The molecule has 24 heavy (non-hydrogen) atoms. The number of halogens is 1. The number of piperidine rings is 1. The van der Waals surface area contributed by atoms with E-state index in [9.17, 15) is 4.79 Å². The number of aryl methyl sites for hydroxylation is 1. The van der Waals surface area contributed by atoms with Crippen molar-refractivity contribution in [2.45, 2.75) is 52.2 Å². The summed E-state index contributed by atoms with van der Waals surface area (Å²) in [6, 6.07) is 0.772. The van der Waals surface area contributed by atoms with Crippen molar-refractivity contribution >= 4 is 18.3 Å². The van der Waals surface area contributed by atoms with Gasteiger partial charge in [0.1, 0.15) is 0 Å². The van der Waals surface area contributed by atoms with Crippen LogP contribution in [0.15, 0.2) is 6.20 Å². The molecule has 6 nitrogen and oxygen atoms in total. The molecule has 3 rings (SSSR count). The lowest BCUT2D eigenvalue weighted by Gasteiger charge is -2.41. The van der Waals surface area contributed by atoms with Crippen molar-refractivity contribution in [3.63, 3.8) is 0 Å². The van der Waals surface area contributed by atoms with E-state index in [1.54, 1.807) is 0 Å². The molecule has 2 aliphatic rings. The van der Waals surface area contributed by atoms with Crippen molar-refractivity contribution in [1.82, 2.24) is 24.9 Å². The van der Waals surface area contributed by atoms with Gasteiger partial charge in [-0.25, -0.2) is 0 Å². The fourth-order valence-electron chi connectivity index (χ4n) is 3.62. The summed E-state index contributed by atoms with van der Waals surface area (Å²) in [5.74, 6) is 0.256. The van der Waals surface area contributed by atoms with Crippen molar-refractivity contribution in [2.24, 2.45) is 0 Å². The van der Waals surface area contributed by atoms with Gasteiger partial charge in [0, 0.05) is 50.0 Å². The van der Waals surface area contributed by atoms with Gasteiger partial charge in [0.25, 0.3) is 0 Å². The van der Waals surface area contributed by atoms with E-state index in [1.165, 1.54) is 12.0 Å². The van der Waals surface area contributed by atoms with Crippen LogP contribution >= 0.6 is 12.4 Å². The second-order valence-electron chi connectivity index (χ2n) is 7.11. The molecule has 0 spiro atoms. The van der Waals surface area contributed by atoms with Crippen LogP contribution in [0, 0.1) is 6.92 Å². The zero-order valence-electron chi connectivity index (χ0n) is 15.0. The molecule has 1 aromatic rings. The molecular weight excluding hydrogens is 326 g/mol. The molecule has 2 fully saturated rings. The minimum atomic E-state index is 0. The molecule has 1 atom stereocenters. The first-order chi connectivity index (χ1) is 11.0. The number of piperazine rings is 1. The lowest BCUT2D eigenvalue weighted by atomic mass is 10.0. The SMILES string of the molecule is Cc1nn(C(C)C)cc1CN1CCCC(N2CCNCC2=O)C1.Cl. The van der Waals surface area contributed by atoms with E-state index < -0.39 is 0 Å². The summed E-state index contributed by atoms with van der Waals surface area (Å²) < 4.78 is 2.05. The van der Waals surface area contributed by atoms with Crippen LogP contribution in [0.4, 0.5) is 0 Å². The molecule has 0 radical (unpaired) electrons. The maximum absolute atomic E-state index is 12.1. The maximum atomic E-state index is 12.1. The molecule has 7 heteroatoms. The molecule has 2 aliphatic heterocycles. The first kappa shape index (κ1) is 19.2. The van der Waals surface area contributed by atoms with Gasteiger partial charge in [-0.05, 0) is 40.2 Å². The highest BCUT2D eigenvalue weighted by molar-refractivity contribution is 5.85. The topological polar surface area (TPSA) is 53.4 Å². The minimum absolute atomic E-state index is 0. The number of carbonyl (C=O) groups excluding carboxylic acids is 1. The van der Waals surface area contributed by atoms with Crippen LogP contribution in [-0.4, -0.2) is 64.3 Å². The molecule has 1 N–H and O–H groups in total. The van der Waals surface area contributed by atoms with Crippen molar-refractivity contribution in [2.75, 3.05) is 32.7 Å². The first-order valence-electron chi connectivity index (χ1n) is 8.81. The molecule has 0 aliphatic carbocycles. The van der Waals surface area contributed by atoms with Gasteiger partial charge < -0.3 is 10.2 Å². The first-order valence-corrected chi connectivity index (χ1v) is 8.81. The van der Waals surface area contributed by atoms with E-state index in [0.717, 1.165) is 44.8 Å². The maximum Gasteiger partial charge on any atom is 0.236 e. The van der Waals surface area contributed by atoms with E-state index >= 15 is 0 Å². The molecule has 2 saturated heterocycles. The lowest BCUT2D eigenvalue weighted by Crippen LogP contribution is -2.56. The van der Waals surface area contributed by atoms with Gasteiger partial charge in [-0.15, -0.1) is 12.4 Å². The zero-order valence-corrected chi connectivity index (χ0v) is 15.8. The van der Waals surface area contributed by atoms with Crippen molar-refractivity contribution in [3.8, 4) is 0 Å². The lowest BCUT2D eigenvalue weighted by molar-refractivity contribution is -0.135. The summed E-state index contributed by atoms with van der Waals surface area (Å²) in [7, 11) is 0. The van der Waals surface area contributed by atoms with E-state index in [1.807, 2.05) is 4.68 Å². The molecule has 3 heterocycles. The fraction of sp³-hybridized carbons (Fsp3) is 0.765. The standard InChI is InChI=1S/C17H29N5O.ClH/c1-13(2)22-11-15(14(3)19-22)10-20-7-4-5-16(12-20)21-8-6-18-9-17(21)23;/h11,13,16,18H,4-10,12H2,1-3H3;1H. The molecule has 1 unspecified atom stereocenters. The number of amides is 1. The van der Waals surface area contributed by atoms with Gasteiger partial charge in [-0.1, -0.05) is 0 Å². The Morgan fingerprint density at radius 1 is 1.38 bits per heavy atom. The van der Waals surface area contributed by atoms with Crippen LogP contribution in [-0.2, 0) is 11.3 Å². The molecule has 1 aromatic heterocycles. The zero-order chi connectivity index (χ0) is 16.4. The number of hydrogen-bond acceptors (Lipinski definition) is 4. The van der Waals surface area contributed by atoms with E-state index in [2.05, 4.69) is 47.2 Å². The number of nitrogens with zero attached hydrogens (tertiary/aromatic N) is 4. The van der Waals surface area contributed by atoms with Gasteiger partial charge in [0.2, 0.25) is 5.91 Å². The summed E-state index contributed by atoms with van der Waals surface area (Å²) in [5.41, 5.74) is 2.44. The number of hydrogen-bond donors (Lipinski definition) is 1. The largest absolute Gasteiger partial charge is 0.336 e. The Balaban J connectivity index is 0.00000208. The minimum Gasteiger partial charge on any atom is -0.336 e. The van der Waals surface area contributed by atoms with Crippen molar-refractivity contribution in [3.05, 3.63) is 17.5 Å². The number of aromatic nitrogens is 2. The molecule has 0 bridgehead atoms. The second kappa shape index (κ2) is 8.32. The Hall–Kier alpha value is -1.11. The van der Waals surface area contributed by atoms with Crippen LogP contribution < -0.4 is 5.32 Å². The fourth-order valence-corrected chi connectivity index (χ4v) is 3.62. The smallest absolute Gasteiger partial charge is 0.236 e. The van der Waals surface area contributed by atoms with E-state index in [0.29, 0.717) is 18.6 Å². The predicted octanol–water partition coefficient (Wildman–Crippen LogP) is 1.59. The summed E-state index contributed by atoms with van der Waals surface area (Å²) in [5, 5.41) is 7.77. The van der Waals surface area contributed by atoms with E-state index in [-0.39, 0.29) is 18.3 Å².